The summed E-state index contributed by atoms with van der Waals surface area (Å²) in [5.74, 6) is -0.783. The van der Waals surface area contributed by atoms with Crippen LogP contribution in [0.2, 0.25) is 0 Å². The molecule has 0 saturated heterocycles. The minimum atomic E-state index is -3.58. The second-order valence-electron chi connectivity index (χ2n) is 2.44. The van der Waals surface area contributed by atoms with Gasteiger partial charge in [0.05, 0.1) is 21.9 Å². The summed E-state index contributed by atoms with van der Waals surface area (Å²) in [5.41, 5.74) is 0. The summed E-state index contributed by atoms with van der Waals surface area (Å²) in [6, 6.07) is 0. The number of esters is 1. The van der Waals surface area contributed by atoms with Gasteiger partial charge < -0.3 is 4.74 Å². The smallest absolute Gasteiger partial charge is 0.327 e. The third kappa shape index (κ3) is 2.16. The molecule has 0 radical (unpaired) electrons. The van der Waals surface area contributed by atoms with Crippen molar-refractivity contribution >= 4 is 29.1 Å². The molecule has 0 aromatic rings. The maximum atomic E-state index is 10.9. The molecule has 0 atom stereocenters. The SMILES string of the molecule is COC(=O)C(C)(C)S(=O)(=O)Br. The van der Waals surface area contributed by atoms with Gasteiger partial charge in [0.2, 0.25) is 8.27 Å². The zero-order valence-corrected chi connectivity index (χ0v) is 8.82. The molecule has 0 N–H and O–H groups in total. The highest BCUT2D eigenvalue weighted by atomic mass is 79.9. The molecular weight excluding hydrogens is 236 g/mol. The highest BCUT2D eigenvalue weighted by molar-refractivity contribution is 9.47. The van der Waals surface area contributed by atoms with Crippen molar-refractivity contribution in [1.82, 2.24) is 0 Å². The number of rotatable bonds is 2. The molecule has 0 rings (SSSR count). The Balaban J connectivity index is 4.90. The lowest BCUT2D eigenvalue weighted by Crippen LogP contribution is -2.38. The minimum Gasteiger partial charge on any atom is -0.468 e. The fourth-order valence-electron chi connectivity index (χ4n) is 0.345. The number of ether oxygens (including phenoxy) is 1. The lowest BCUT2D eigenvalue weighted by atomic mass is 10.2. The molecule has 0 aliphatic carbocycles. The van der Waals surface area contributed by atoms with Gasteiger partial charge in [-0.05, 0) is 13.8 Å². The number of halogens is 1. The second-order valence-corrected chi connectivity index (χ2v) is 6.89. The predicted molar refractivity (Wildman–Crippen MR) is 43.9 cm³/mol. The van der Waals surface area contributed by atoms with E-state index in [1.54, 1.807) is 0 Å². The first-order chi connectivity index (χ1) is 4.73. The maximum Gasteiger partial charge on any atom is 0.327 e. The highest BCUT2D eigenvalue weighted by Gasteiger charge is 2.41. The molecule has 0 bridgehead atoms. The second kappa shape index (κ2) is 3.10. The van der Waals surface area contributed by atoms with Gasteiger partial charge in [-0.25, -0.2) is 8.42 Å². The molecule has 0 spiro atoms. The van der Waals surface area contributed by atoms with Crippen LogP contribution in [0.1, 0.15) is 13.8 Å². The third-order valence-electron chi connectivity index (χ3n) is 1.29. The topological polar surface area (TPSA) is 60.4 Å². The fourth-order valence-corrected chi connectivity index (χ4v) is 1.02. The summed E-state index contributed by atoms with van der Waals surface area (Å²) >= 11 is 2.41. The van der Waals surface area contributed by atoms with E-state index < -0.39 is 19.0 Å². The van der Waals surface area contributed by atoms with Crippen LogP contribution in [-0.4, -0.2) is 26.2 Å². The highest BCUT2D eigenvalue weighted by Crippen LogP contribution is 2.23. The molecule has 0 saturated carbocycles. The molecular formula is C5H9BrO4S. The Bertz CT molecular complexity index is 254. The van der Waals surface area contributed by atoms with Crippen LogP contribution in [0.25, 0.3) is 0 Å². The number of carbonyl (C=O) groups excluding carboxylic acids is 1. The zero-order valence-electron chi connectivity index (χ0n) is 6.42. The summed E-state index contributed by atoms with van der Waals surface area (Å²) in [5, 5.41) is 0. The average molecular weight is 245 g/mol. The van der Waals surface area contributed by atoms with E-state index in [9.17, 15) is 13.2 Å². The molecule has 0 aliphatic rings. The molecule has 0 aromatic carbocycles. The van der Waals surface area contributed by atoms with Crippen molar-refractivity contribution in [3.05, 3.63) is 0 Å². The Kier molecular flexibility index (Phi) is 3.07. The van der Waals surface area contributed by atoms with Crippen molar-refractivity contribution in [3.8, 4) is 0 Å². The van der Waals surface area contributed by atoms with Crippen LogP contribution < -0.4 is 0 Å². The summed E-state index contributed by atoms with van der Waals surface area (Å²) < 4.78 is 24.5. The molecule has 66 valence electrons. The first kappa shape index (κ1) is 10.9. The zero-order chi connectivity index (χ0) is 9.28. The summed E-state index contributed by atoms with van der Waals surface area (Å²) in [7, 11) is -2.43. The van der Waals surface area contributed by atoms with Crippen molar-refractivity contribution in [2.24, 2.45) is 0 Å². The standard InChI is InChI=1S/C5H9BrO4S/c1-5(2,4(7)10-3)11(6,8)9/h1-3H3. The summed E-state index contributed by atoms with van der Waals surface area (Å²) in [6.45, 7) is 2.53. The van der Waals surface area contributed by atoms with E-state index in [0.717, 1.165) is 7.11 Å². The van der Waals surface area contributed by atoms with Crippen LogP contribution in [0.3, 0.4) is 0 Å². The summed E-state index contributed by atoms with van der Waals surface area (Å²) in [6.07, 6.45) is 0. The van der Waals surface area contributed by atoms with Crippen LogP contribution in [0, 0.1) is 0 Å². The molecule has 0 unspecified atom stereocenters. The first-order valence-electron chi connectivity index (χ1n) is 2.76. The first-order valence-corrected chi connectivity index (χ1v) is 6.08. The Labute approximate surface area is 73.0 Å². The van der Waals surface area contributed by atoms with Gasteiger partial charge in [-0.15, -0.1) is 0 Å². The molecule has 6 heteroatoms. The molecule has 0 aliphatic heterocycles. The predicted octanol–water partition coefficient (Wildman–Crippen LogP) is 0.663. The molecule has 0 fully saturated rings. The Morgan fingerprint density at radius 2 is 1.82 bits per heavy atom. The average Bonchev–Trinajstić information content (AvgIpc) is 1.83. The van der Waals surface area contributed by atoms with Gasteiger partial charge in [-0.2, -0.15) is 0 Å². The van der Waals surface area contributed by atoms with Gasteiger partial charge in [-0.3, -0.25) is 4.79 Å². The van der Waals surface area contributed by atoms with Crippen LogP contribution >= 0.6 is 14.8 Å². The van der Waals surface area contributed by atoms with Crippen LogP contribution in [-0.2, 0) is 17.8 Å². The monoisotopic (exact) mass is 244 g/mol. The van der Waals surface area contributed by atoms with E-state index in [4.69, 9.17) is 0 Å². The maximum absolute atomic E-state index is 10.9. The number of carbonyl (C=O) groups is 1. The lowest BCUT2D eigenvalue weighted by Gasteiger charge is -2.16. The van der Waals surface area contributed by atoms with E-state index in [-0.39, 0.29) is 0 Å². The molecule has 0 aromatic heterocycles. The minimum absolute atomic E-state index is 0.783. The summed E-state index contributed by atoms with van der Waals surface area (Å²) in [4.78, 5) is 10.8. The van der Waals surface area contributed by atoms with E-state index in [0.29, 0.717) is 0 Å². The normalized spacial score (nSPS) is 12.7. The van der Waals surface area contributed by atoms with E-state index in [2.05, 4.69) is 19.5 Å². The van der Waals surface area contributed by atoms with Crippen molar-refractivity contribution < 1.29 is 17.9 Å². The molecule has 11 heavy (non-hydrogen) atoms. The van der Waals surface area contributed by atoms with Gasteiger partial charge in [0.25, 0.3) is 0 Å². The lowest BCUT2D eigenvalue weighted by molar-refractivity contribution is -0.142. The van der Waals surface area contributed by atoms with Gasteiger partial charge >= 0.3 is 5.97 Å². The van der Waals surface area contributed by atoms with Crippen LogP contribution in [0.4, 0.5) is 0 Å². The van der Waals surface area contributed by atoms with E-state index in [1.807, 2.05) is 0 Å². The van der Waals surface area contributed by atoms with Crippen molar-refractivity contribution in [1.29, 1.82) is 0 Å². The molecule has 0 amide bonds. The number of hydrogen-bond acceptors (Lipinski definition) is 4. The van der Waals surface area contributed by atoms with E-state index >= 15 is 0 Å². The van der Waals surface area contributed by atoms with Gasteiger partial charge in [0, 0.05) is 0 Å². The molecule has 4 nitrogen and oxygen atoms in total. The van der Waals surface area contributed by atoms with Crippen molar-refractivity contribution in [2.45, 2.75) is 18.6 Å². The van der Waals surface area contributed by atoms with Gasteiger partial charge in [-0.1, -0.05) is 0 Å². The van der Waals surface area contributed by atoms with Crippen LogP contribution in [0.15, 0.2) is 0 Å². The largest absolute Gasteiger partial charge is 0.468 e. The van der Waals surface area contributed by atoms with E-state index in [1.165, 1.54) is 13.8 Å². The van der Waals surface area contributed by atoms with Crippen LogP contribution in [0.5, 0.6) is 0 Å². The van der Waals surface area contributed by atoms with Gasteiger partial charge in [0.1, 0.15) is 0 Å². The Morgan fingerprint density at radius 1 is 1.45 bits per heavy atom. The van der Waals surface area contributed by atoms with Gasteiger partial charge in [0.15, 0.2) is 4.75 Å². The Morgan fingerprint density at radius 3 is 1.91 bits per heavy atom. The van der Waals surface area contributed by atoms with Crippen molar-refractivity contribution in [3.63, 3.8) is 0 Å². The Hall–Kier alpha value is -0.100. The van der Waals surface area contributed by atoms with Crippen molar-refractivity contribution in [2.75, 3.05) is 7.11 Å². The quantitative estimate of drug-likeness (QED) is 0.529. The third-order valence-corrected chi connectivity index (χ3v) is 5.10. The molecule has 0 heterocycles. The number of hydrogen-bond donors (Lipinski definition) is 0. The number of methoxy groups -OCH3 is 1. The fraction of sp³-hybridized carbons (Fsp3) is 0.800.